The Balaban J connectivity index is 2.35. The summed E-state index contributed by atoms with van der Waals surface area (Å²) in [6, 6.07) is 0. The molecule has 0 radical (unpaired) electrons. The van der Waals surface area contributed by atoms with Gasteiger partial charge in [-0.3, -0.25) is 0 Å². The van der Waals surface area contributed by atoms with Gasteiger partial charge in [-0.05, 0) is 31.6 Å². The van der Waals surface area contributed by atoms with Crippen LogP contribution in [0.3, 0.4) is 0 Å². The second-order valence-electron chi connectivity index (χ2n) is 6.93. The van der Waals surface area contributed by atoms with E-state index in [2.05, 4.69) is 0 Å². The molecule has 0 unspecified atom stereocenters. The van der Waals surface area contributed by atoms with E-state index in [1.54, 1.807) is 0 Å². The first-order valence-corrected chi connectivity index (χ1v) is 10.6. The zero-order valence-electron chi connectivity index (χ0n) is 14.3. The van der Waals surface area contributed by atoms with Gasteiger partial charge in [0, 0.05) is 26.4 Å². The Morgan fingerprint density at radius 1 is 0.667 bits per heavy atom. The maximum atomic E-state index is 6.02. The van der Waals surface area contributed by atoms with Gasteiger partial charge >= 0.3 is 8.80 Å². The summed E-state index contributed by atoms with van der Waals surface area (Å²) in [4.78, 5) is 0. The van der Waals surface area contributed by atoms with Crippen molar-refractivity contribution in [1.29, 1.82) is 0 Å². The van der Waals surface area contributed by atoms with E-state index in [4.69, 9.17) is 13.3 Å². The lowest BCUT2D eigenvalue weighted by Crippen LogP contribution is -2.57. The van der Waals surface area contributed by atoms with E-state index in [9.17, 15) is 0 Å². The summed E-state index contributed by atoms with van der Waals surface area (Å²) < 4.78 is 18.1. The molecule has 0 aliphatic heterocycles. The van der Waals surface area contributed by atoms with Gasteiger partial charge in [0.15, 0.2) is 0 Å². The molecular formula is C17H34O3Si. The monoisotopic (exact) mass is 314 g/mol. The molecule has 2 rings (SSSR count). The van der Waals surface area contributed by atoms with E-state index >= 15 is 0 Å². The SMILES string of the molecule is CO[Si](OC)(OC)C1(C2CCCCCC2)CCCCCC1. The van der Waals surface area contributed by atoms with Crippen LogP contribution in [-0.4, -0.2) is 30.1 Å². The van der Waals surface area contributed by atoms with Crippen LogP contribution < -0.4 is 0 Å². The number of hydrogen-bond acceptors (Lipinski definition) is 3. The average molecular weight is 315 g/mol. The van der Waals surface area contributed by atoms with Crippen LogP contribution in [0.1, 0.15) is 77.0 Å². The minimum absolute atomic E-state index is 0.159. The predicted octanol–water partition coefficient (Wildman–Crippen LogP) is 4.93. The minimum Gasteiger partial charge on any atom is -0.376 e. The molecule has 0 spiro atoms. The van der Waals surface area contributed by atoms with Gasteiger partial charge in [-0.2, -0.15) is 0 Å². The zero-order valence-corrected chi connectivity index (χ0v) is 15.3. The van der Waals surface area contributed by atoms with E-state index in [1.165, 1.54) is 77.0 Å². The second-order valence-corrected chi connectivity index (χ2v) is 10.3. The van der Waals surface area contributed by atoms with E-state index in [1.807, 2.05) is 21.3 Å². The molecule has 0 atom stereocenters. The summed E-state index contributed by atoms with van der Waals surface area (Å²) in [5.74, 6) is 0.726. The minimum atomic E-state index is -2.61. The van der Waals surface area contributed by atoms with Crippen LogP contribution in [0.15, 0.2) is 0 Å². The molecule has 2 aliphatic carbocycles. The molecule has 2 saturated carbocycles. The summed E-state index contributed by atoms with van der Waals surface area (Å²) in [5.41, 5.74) is 0. The maximum absolute atomic E-state index is 6.02. The van der Waals surface area contributed by atoms with Crippen molar-refractivity contribution in [2.24, 2.45) is 5.92 Å². The molecule has 2 fully saturated rings. The third kappa shape index (κ3) is 3.38. The number of rotatable bonds is 5. The van der Waals surface area contributed by atoms with Gasteiger partial charge < -0.3 is 13.3 Å². The highest BCUT2D eigenvalue weighted by Gasteiger charge is 2.62. The van der Waals surface area contributed by atoms with E-state index in [0.29, 0.717) is 0 Å². The molecule has 0 heterocycles. The van der Waals surface area contributed by atoms with Gasteiger partial charge in [0.05, 0.1) is 0 Å². The molecule has 2 aliphatic rings. The first-order valence-electron chi connectivity index (χ1n) is 8.90. The summed E-state index contributed by atoms with van der Waals surface area (Å²) in [5, 5.41) is 0.159. The van der Waals surface area contributed by atoms with Crippen LogP contribution in [0.5, 0.6) is 0 Å². The molecule has 124 valence electrons. The van der Waals surface area contributed by atoms with Crippen LogP contribution >= 0.6 is 0 Å². The van der Waals surface area contributed by atoms with E-state index in [-0.39, 0.29) is 5.04 Å². The van der Waals surface area contributed by atoms with Crippen molar-refractivity contribution in [2.45, 2.75) is 82.1 Å². The van der Waals surface area contributed by atoms with Crippen molar-refractivity contribution >= 4 is 8.80 Å². The molecule has 4 heteroatoms. The lowest BCUT2D eigenvalue weighted by molar-refractivity contribution is 0.0595. The first-order chi connectivity index (χ1) is 10.2. The summed E-state index contributed by atoms with van der Waals surface area (Å²) >= 11 is 0. The fourth-order valence-electron chi connectivity index (χ4n) is 5.02. The largest absolute Gasteiger partial charge is 0.506 e. The van der Waals surface area contributed by atoms with Gasteiger partial charge in [0.2, 0.25) is 0 Å². The van der Waals surface area contributed by atoms with Crippen molar-refractivity contribution in [2.75, 3.05) is 21.3 Å². The van der Waals surface area contributed by atoms with Crippen molar-refractivity contribution < 1.29 is 13.3 Å². The maximum Gasteiger partial charge on any atom is 0.506 e. The Morgan fingerprint density at radius 2 is 1.10 bits per heavy atom. The van der Waals surface area contributed by atoms with Crippen LogP contribution in [0.25, 0.3) is 0 Å². The second kappa shape index (κ2) is 8.09. The van der Waals surface area contributed by atoms with Gasteiger partial charge in [-0.15, -0.1) is 0 Å². The Labute approximate surface area is 132 Å². The predicted molar refractivity (Wildman–Crippen MR) is 88.4 cm³/mol. The van der Waals surface area contributed by atoms with Crippen LogP contribution in [0.4, 0.5) is 0 Å². The third-order valence-corrected chi connectivity index (χ3v) is 9.79. The average Bonchev–Trinajstić information content (AvgIpc) is 2.93. The van der Waals surface area contributed by atoms with Crippen molar-refractivity contribution in [3.05, 3.63) is 0 Å². The van der Waals surface area contributed by atoms with Gasteiger partial charge in [0.25, 0.3) is 0 Å². The highest BCUT2D eigenvalue weighted by Crippen LogP contribution is 2.58. The summed E-state index contributed by atoms with van der Waals surface area (Å²) in [7, 11) is 2.82. The van der Waals surface area contributed by atoms with Gasteiger partial charge in [0.1, 0.15) is 0 Å². The van der Waals surface area contributed by atoms with Gasteiger partial charge in [-0.25, -0.2) is 0 Å². The smallest absolute Gasteiger partial charge is 0.376 e. The van der Waals surface area contributed by atoms with Gasteiger partial charge in [-0.1, -0.05) is 51.4 Å². The van der Waals surface area contributed by atoms with Crippen LogP contribution in [0, 0.1) is 5.92 Å². The molecular weight excluding hydrogens is 280 g/mol. The fourth-order valence-corrected chi connectivity index (χ4v) is 8.49. The molecule has 0 N–H and O–H groups in total. The highest BCUT2D eigenvalue weighted by atomic mass is 28.4. The lowest BCUT2D eigenvalue weighted by atomic mass is 9.80. The molecule has 0 aromatic heterocycles. The molecule has 0 saturated heterocycles. The Kier molecular flexibility index (Phi) is 6.72. The van der Waals surface area contributed by atoms with E-state index in [0.717, 1.165) is 5.92 Å². The molecule has 3 nitrogen and oxygen atoms in total. The molecule has 0 aromatic rings. The standard InChI is InChI=1S/C17H34O3Si/c1-18-21(19-2,20-3)17(14-10-6-7-11-15-17)16-12-8-4-5-9-13-16/h16H,4-15H2,1-3H3. The quantitative estimate of drug-likeness (QED) is 0.532. The molecule has 21 heavy (non-hydrogen) atoms. The molecule has 0 bridgehead atoms. The Morgan fingerprint density at radius 3 is 1.52 bits per heavy atom. The summed E-state index contributed by atoms with van der Waals surface area (Å²) in [6.07, 6.45) is 16.0. The Bertz CT molecular complexity index is 280. The normalized spacial score (nSPS) is 25.3. The highest BCUT2D eigenvalue weighted by molar-refractivity contribution is 6.64. The Hall–Kier alpha value is 0.0969. The zero-order chi connectivity index (χ0) is 15.2. The van der Waals surface area contributed by atoms with Crippen LogP contribution in [-0.2, 0) is 13.3 Å². The van der Waals surface area contributed by atoms with E-state index < -0.39 is 8.80 Å². The summed E-state index contributed by atoms with van der Waals surface area (Å²) in [6.45, 7) is 0. The fraction of sp³-hybridized carbons (Fsp3) is 1.00. The topological polar surface area (TPSA) is 27.7 Å². The van der Waals surface area contributed by atoms with Crippen molar-refractivity contribution in [3.63, 3.8) is 0 Å². The van der Waals surface area contributed by atoms with Crippen molar-refractivity contribution in [1.82, 2.24) is 0 Å². The third-order valence-electron chi connectivity index (χ3n) is 6.05. The first kappa shape index (κ1) is 17.5. The molecule has 0 aromatic carbocycles. The van der Waals surface area contributed by atoms with Crippen molar-refractivity contribution in [3.8, 4) is 0 Å². The number of hydrogen-bond donors (Lipinski definition) is 0. The molecule has 0 amide bonds. The lowest BCUT2D eigenvalue weighted by Gasteiger charge is -2.48. The van der Waals surface area contributed by atoms with Crippen LogP contribution in [0.2, 0.25) is 5.04 Å².